The Morgan fingerprint density at radius 3 is 2.49 bits per heavy atom. The fourth-order valence-electron chi connectivity index (χ4n) is 4.24. The number of hydrogen-bond donors (Lipinski definition) is 1. The van der Waals surface area contributed by atoms with Crippen molar-refractivity contribution in [2.24, 2.45) is 7.05 Å². The van der Waals surface area contributed by atoms with E-state index in [0.717, 1.165) is 20.1 Å². The highest BCUT2D eigenvalue weighted by Crippen LogP contribution is 2.39. The fraction of sp³-hybridized carbons (Fsp3) is 0.148. The summed E-state index contributed by atoms with van der Waals surface area (Å²) in [5, 5.41) is 13.7. The molecule has 0 aliphatic rings. The summed E-state index contributed by atoms with van der Waals surface area (Å²) in [6, 6.07) is 21.3. The lowest BCUT2D eigenvalue weighted by molar-refractivity contribution is 0.117. The largest absolute Gasteiger partial charge is 0.464 e. The first-order valence-corrected chi connectivity index (χ1v) is 12.5. The summed E-state index contributed by atoms with van der Waals surface area (Å²) in [5.41, 5.74) is 2.82. The number of halogens is 2. The molecule has 0 amide bonds. The molecule has 1 N–H and O–H groups in total. The molecule has 0 aliphatic heterocycles. The third-order valence-corrected chi connectivity index (χ3v) is 6.87. The Balaban J connectivity index is 1.79. The first-order valence-electron chi connectivity index (χ1n) is 11.1. The van der Waals surface area contributed by atoms with Crippen molar-refractivity contribution in [1.29, 1.82) is 0 Å². The highest BCUT2D eigenvalue weighted by molar-refractivity contribution is 14.1. The van der Waals surface area contributed by atoms with Crippen LogP contribution in [0.3, 0.4) is 0 Å². The van der Waals surface area contributed by atoms with Crippen LogP contribution in [0, 0.1) is 3.57 Å². The molecule has 1 atom stereocenters. The predicted octanol–water partition coefficient (Wildman–Crippen LogP) is 5.97. The molecule has 0 saturated carbocycles. The van der Waals surface area contributed by atoms with Gasteiger partial charge in [-0.3, -0.25) is 0 Å². The zero-order valence-corrected chi connectivity index (χ0v) is 22.0. The number of hydrogen-bond acceptors (Lipinski definition) is 5. The van der Waals surface area contributed by atoms with Crippen LogP contribution in [0.15, 0.2) is 79.3 Å². The van der Waals surface area contributed by atoms with Crippen LogP contribution in [0.5, 0.6) is 6.01 Å². The van der Waals surface area contributed by atoms with Crippen LogP contribution >= 0.6 is 34.2 Å². The number of nitrogens with zero attached hydrogens (tertiary/aromatic N) is 4. The van der Waals surface area contributed by atoms with E-state index in [2.05, 4.69) is 32.6 Å². The van der Waals surface area contributed by atoms with Crippen molar-refractivity contribution in [2.75, 3.05) is 6.61 Å². The molecular formula is C27H22ClIN4O2. The molecule has 3 aromatic carbocycles. The van der Waals surface area contributed by atoms with E-state index in [1.165, 1.54) is 0 Å². The van der Waals surface area contributed by atoms with Gasteiger partial charge >= 0.3 is 6.01 Å². The summed E-state index contributed by atoms with van der Waals surface area (Å²) < 4.78 is 8.55. The van der Waals surface area contributed by atoms with Gasteiger partial charge in [0.05, 0.1) is 36.0 Å². The van der Waals surface area contributed by atoms with Crippen LogP contribution in [-0.4, -0.2) is 31.2 Å². The minimum atomic E-state index is -1.45. The molecule has 8 heteroatoms. The summed E-state index contributed by atoms with van der Waals surface area (Å²) in [5.74, 6) is 0. The second-order valence-corrected chi connectivity index (χ2v) is 9.82. The normalized spacial score (nSPS) is 13.1. The third-order valence-electron chi connectivity index (χ3n) is 5.91. The van der Waals surface area contributed by atoms with Crippen LogP contribution < -0.4 is 4.74 Å². The van der Waals surface area contributed by atoms with E-state index < -0.39 is 5.60 Å². The lowest BCUT2D eigenvalue weighted by Gasteiger charge is -2.30. The van der Waals surface area contributed by atoms with Crippen molar-refractivity contribution < 1.29 is 9.84 Å². The summed E-state index contributed by atoms with van der Waals surface area (Å²) in [6.45, 7) is 2.34. The molecule has 5 rings (SSSR count). The Morgan fingerprint density at radius 1 is 1.03 bits per heavy atom. The predicted molar refractivity (Wildman–Crippen MR) is 146 cm³/mol. The van der Waals surface area contributed by atoms with E-state index in [4.69, 9.17) is 21.3 Å². The Morgan fingerprint density at radius 2 is 1.80 bits per heavy atom. The highest BCUT2D eigenvalue weighted by atomic mass is 127. The maximum atomic E-state index is 12.3. The summed E-state index contributed by atoms with van der Waals surface area (Å²) in [7, 11) is 1.87. The summed E-state index contributed by atoms with van der Waals surface area (Å²) >= 11 is 8.56. The van der Waals surface area contributed by atoms with Gasteiger partial charge in [-0.2, -0.15) is 9.97 Å². The van der Waals surface area contributed by atoms with Gasteiger partial charge in [0.15, 0.2) is 5.60 Å². The van der Waals surface area contributed by atoms with Crippen LogP contribution in [0.25, 0.3) is 22.2 Å². The number of imidazole rings is 1. The average Bonchev–Trinajstić information content (AvgIpc) is 3.30. The van der Waals surface area contributed by atoms with E-state index in [9.17, 15) is 5.11 Å². The maximum Gasteiger partial charge on any atom is 0.317 e. The monoisotopic (exact) mass is 596 g/mol. The number of aryl methyl sites for hydroxylation is 1. The molecule has 0 fully saturated rings. The number of aliphatic hydroxyl groups is 1. The Bertz CT molecular complexity index is 1520. The second kappa shape index (κ2) is 9.56. The van der Waals surface area contributed by atoms with Gasteiger partial charge < -0.3 is 14.4 Å². The van der Waals surface area contributed by atoms with Crippen LogP contribution in [0.1, 0.15) is 23.7 Å². The van der Waals surface area contributed by atoms with Crippen LogP contribution in [0.4, 0.5) is 0 Å². The average molecular weight is 597 g/mol. The molecule has 5 aromatic rings. The fourth-order valence-corrected chi connectivity index (χ4v) is 4.79. The maximum absolute atomic E-state index is 12.3. The van der Waals surface area contributed by atoms with E-state index >= 15 is 0 Å². The smallest absolute Gasteiger partial charge is 0.317 e. The third kappa shape index (κ3) is 4.39. The van der Waals surface area contributed by atoms with Crippen molar-refractivity contribution in [3.63, 3.8) is 0 Å². The van der Waals surface area contributed by atoms with Crippen molar-refractivity contribution in [3.05, 3.63) is 105 Å². The van der Waals surface area contributed by atoms with E-state index in [1.54, 1.807) is 12.5 Å². The van der Waals surface area contributed by atoms with Gasteiger partial charge in [-0.15, -0.1) is 0 Å². The second-order valence-electron chi connectivity index (χ2n) is 8.14. The summed E-state index contributed by atoms with van der Waals surface area (Å²) in [6.07, 6.45) is 3.37. The molecule has 0 aliphatic carbocycles. The van der Waals surface area contributed by atoms with Crippen molar-refractivity contribution in [1.82, 2.24) is 19.5 Å². The molecule has 176 valence electrons. The lowest BCUT2D eigenvalue weighted by atomic mass is 9.83. The van der Waals surface area contributed by atoms with Gasteiger partial charge in [-0.05, 0) is 77.0 Å². The Hall–Kier alpha value is -3.01. The van der Waals surface area contributed by atoms with Crippen LogP contribution in [-0.2, 0) is 12.6 Å². The molecule has 2 aromatic heterocycles. The van der Waals surface area contributed by atoms with Gasteiger partial charge in [-0.25, -0.2) is 4.98 Å². The molecule has 35 heavy (non-hydrogen) atoms. The van der Waals surface area contributed by atoms with Gasteiger partial charge in [0.25, 0.3) is 0 Å². The van der Waals surface area contributed by atoms with Crippen molar-refractivity contribution >= 4 is 45.1 Å². The zero-order chi connectivity index (χ0) is 24.6. The molecule has 2 heterocycles. The van der Waals surface area contributed by atoms with E-state index in [-0.39, 0.29) is 0 Å². The molecule has 6 nitrogen and oxygen atoms in total. The van der Waals surface area contributed by atoms with Crippen LogP contribution in [0.2, 0.25) is 5.02 Å². The topological polar surface area (TPSA) is 73.1 Å². The lowest BCUT2D eigenvalue weighted by Crippen LogP contribution is -2.31. The molecular weight excluding hydrogens is 575 g/mol. The number of rotatable bonds is 6. The zero-order valence-electron chi connectivity index (χ0n) is 19.1. The number of fused-ring (bicyclic) bond motifs is 1. The van der Waals surface area contributed by atoms with Crippen molar-refractivity contribution in [3.8, 4) is 17.3 Å². The first-order chi connectivity index (χ1) is 16.9. The SMILES string of the molecule is CCOc1nc(-c2cccc(Cl)c2)c2cc(C(O)(c3ccc(I)cc3)c3cncn3C)ccc2n1. The van der Waals surface area contributed by atoms with Gasteiger partial charge in [0.1, 0.15) is 0 Å². The minimum Gasteiger partial charge on any atom is -0.464 e. The Labute approximate surface area is 221 Å². The first kappa shape index (κ1) is 23.7. The van der Waals surface area contributed by atoms with Gasteiger partial charge in [0, 0.05) is 26.6 Å². The van der Waals surface area contributed by atoms with Crippen molar-refractivity contribution in [2.45, 2.75) is 12.5 Å². The number of ether oxygens (including phenoxy) is 1. The molecule has 0 radical (unpaired) electrons. The number of benzene rings is 3. The molecule has 1 unspecified atom stereocenters. The summed E-state index contributed by atoms with van der Waals surface area (Å²) in [4.78, 5) is 13.6. The highest BCUT2D eigenvalue weighted by Gasteiger charge is 2.37. The van der Waals surface area contributed by atoms with E-state index in [0.29, 0.717) is 40.1 Å². The van der Waals surface area contributed by atoms with Gasteiger partial charge in [-0.1, -0.05) is 41.9 Å². The molecule has 0 bridgehead atoms. The standard InChI is InChI=1S/C27H22ClIN4O2/c1-3-35-26-31-23-12-9-19(14-22(23)25(32-26)17-5-4-6-20(28)13-17)27(34,24-15-30-16-33(24)2)18-7-10-21(29)11-8-18/h4-16,34H,3H2,1-2H3. The molecule has 0 saturated heterocycles. The molecule has 0 spiro atoms. The number of aromatic nitrogens is 4. The van der Waals surface area contributed by atoms with E-state index in [1.807, 2.05) is 85.3 Å². The van der Waals surface area contributed by atoms with Gasteiger partial charge in [0.2, 0.25) is 0 Å². The quantitative estimate of drug-likeness (QED) is 0.245. The Kier molecular flexibility index (Phi) is 6.48. The minimum absolute atomic E-state index is 0.294.